The molecule has 10 nitrogen and oxygen atoms in total. The first-order chi connectivity index (χ1) is 19.5. The quantitative estimate of drug-likeness (QED) is 0.211. The van der Waals surface area contributed by atoms with Crippen LogP contribution in [0.1, 0.15) is 58.1 Å². The smallest absolute Gasteiger partial charge is 0.412 e. The predicted octanol–water partition coefficient (Wildman–Crippen LogP) is 4.85. The Morgan fingerprint density at radius 1 is 1.02 bits per heavy atom. The van der Waals surface area contributed by atoms with E-state index in [2.05, 4.69) is 15.6 Å². The largest absolute Gasteiger partial charge is 0.462 e. The summed E-state index contributed by atoms with van der Waals surface area (Å²) >= 11 is 0. The number of nitrogens with zero attached hydrogens (tertiary/aromatic N) is 1. The van der Waals surface area contributed by atoms with Crippen LogP contribution in [0.25, 0.3) is 6.08 Å². The lowest BCUT2D eigenvalue weighted by molar-refractivity contribution is -0.140. The Hall–Kier alpha value is -4.44. The molecule has 0 spiro atoms. The molecule has 1 aliphatic rings. The maximum atomic E-state index is 13.5. The molecule has 0 radical (unpaired) electrons. The molecule has 1 atom stereocenters. The summed E-state index contributed by atoms with van der Waals surface area (Å²) in [5.41, 5.74) is 2.70. The number of ether oxygens (including phenoxy) is 3. The molecule has 1 aromatic heterocycles. The van der Waals surface area contributed by atoms with Crippen LogP contribution < -0.4 is 10.6 Å². The van der Waals surface area contributed by atoms with E-state index in [1.54, 1.807) is 77.4 Å². The maximum absolute atomic E-state index is 13.5. The fraction of sp³-hybridized carbons (Fsp3) is 0.355. The molecular formula is C31H37N3O7. The van der Waals surface area contributed by atoms with Crippen molar-refractivity contribution in [3.05, 3.63) is 88.5 Å². The van der Waals surface area contributed by atoms with Gasteiger partial charge in [-0.1, -0.05) is 18.2 Å². The normalized spacial score (nSPS) is 15.4. The van der Waals surface area contributed by atoms with Crippen molar-refractivity contribution >= 4 is 29.8 Å². The summed E-state index contributed by atoms with van der Waals surface area (Å²) < 4.78 is 16.4. The zero-order valence-electron chi connectivity index (χ0n) is 24.0. The van der Waals surface area contributed by atoms with Gasteiger partial charge in [-0.3, -0.25) is 10.3 Å². The highest BCUT2D eigenvalue weighted by molar-refractivity contribution is 6.00. The first-order valence-corrected chi connectivity index (χ1v) is 13.3. The molecule has 2 aromatic rings. The van der Waals surface area contributed by atoms with Crippen LogP contribution in [0.5, 0.6) is 0 Å². The molecule has 1 amide bonds. The molecule has 3 N–H and O–H groups in total. The predicted molar refractivity (Wildman–Crippen MR) is 154 cm³/mol. The lowest BCUT2D eigenvalue weighted by atomic mass is 9.80. The lowest BCUT2D eigenvalue weighted by Crippen LogP contribution is -2.32. The van der Waals surface area contributed by atoms with E-state index in [0.717, 1.165) is 5.56 Å². The number of hydrogen-bond donors (Lipinski definition) is 3. The van der Waals surface area contributed by atoms with E-state index >= 15 is 0 Å². The van der Waals surface area contributed by atoms with Gasteiger partial charge in [0.15, 0.2) is 0 Å². The van der Waals surface area contributed by atoms with E-state index in [1.807, 2.05) is 18.2 Å². The first kappa shape index (κ1) is 31.1. The van der Waals surface area contributed by atoms with E-state index in [4.69, 9.17) is 19.3 Å². The van der Waals surface area contributed by atoms with Crippen molar-refractivity contribution < 1.29 is 33.7 Å². The molecule has 0 aliphatic carbocycles. The summed E-state index contributed by atoms with van der Waals surface area (Å²) in [6.07, 6.45) is 6.50. The molecular weight excluding hydrogens is 526 g/mol. The molecule has 0 bridgehead atoms. The zero-order chi connectivity index (χ0) is 30.0. The van der Waals surface area contributed by atoms with Crippen molar-refractivity contribution in [2.75, 3.05) is 25.1 Å². The highest BCUT2D eigenvalue weighted by atomic mass is 16.6. The Kier molecular flexibility index (Phi) is 10.8. The highest BCUT2D eigenvalue weighted by Crippen LogP contribution is 2.40. The second kappa shape index (κ2) is 14.3. The molecule has 218 valence electrons. The van der Waals surface area contributed by atoms with Gasteiger partial charge in [-0.2, -0.15) is 0 Å². The number of carbonyl (C=O) groups is 3. The number of amides is 1. The van der Waals surface area contributed by atoms with Crippen LogP contribution in [-0.4, -0.2) is 53.5 Å². The number of aliphatic hydroxyl groups is 1. The number of nitrogens with one attached hydrogen (secondary N) is 2. The van der Waals surface area contributed by atoms with Crippen molar-refractivity contribution in [1.29, 1.82) is 0 Å². The Balaban J connectivity index is 1.94. The number of pyridine rings is 1. The number of hydrogen-bond acceptors (Lipinski definition) is 9. The average Bonchev–Trinajstić information content (AvgIpc) is 2.90. The zero-order valence-corrected chi connectivity index (χ0v) is 24.0. The fourth-order valence-electron chi connectivity index (χ4n) is 4.25. The highest BCUT2D eigenvalue weighted by Gasteiger charge is 2.38. The van der Waals surface area contributed by atoms with E-state index < -0.39 is 29.6 Å². The molecule has 10 heteroatoms. The monoisotopic (exact) mass is 563 g/mol. The van der Waals surface area contributed by atoms with E-state index in [0.29, 0.717) is 22.6 Å². The van der Waals surface area contributed by atoms with Gasteiger partial charge in [-0.05, 0) is 76.1 Å². The van der Waals surface area contributed by atoms with Crippen molar-refractivity contribution in [2.45, 2.75) is 52.6 Å². The summed E-state index contributed by atoms with van der Waals surface area (Å²) in [6, 6.07) is 10.5. The van der Waals surface area contributed by atoms with Gasteiger partial charge >= 0.3 is 18.0 Å². The second-order valence-corrected chi connectivity index (χ2v) is 10.4. The molecule has 41 heavy (non-hydrogen) atoms. The van der Waals surface area contributed by atoms with Gasteiger partial charge in [0.25, 0.3) is 0 Å². The average molecular weight is 564 g/mol. The van der Waals surface area contributed by atoms with Crippen LogP contribution in [0, 0.1) is 0 Å². The van der Waals surface area contributed by atoms with Gasteiger partial charge in [0.05, 0.1) is 23.7 Å². The van der Waals surface area contributed by atoms with Gasteiger partial charge in [-0.25, -0.2) is 14.4 Å². The van der Waals surface area contributed by atoms with Crippen LogP contribution in [0.4, 0.5) is 10.5 Å². The molecule has 3 rings (SSSR count). The van der Waals surface area contributed by atoms with Crippen molar-refractivity contribution in [2.24, 2.45) is 0 Å². The van der Waals surface area contributed by atoms with E-state index in [9.17, 15) is 14.4 Å². The lowest BCUT2D eigenvalue weighted by Gasteiger charge is -2.30. The SMILES string of the molecule is CC1=C(C(=O)OC/C=C/c2ccncc2)C(c2cccc(NC(=O)OC(C)(C)C)c2)C(C(=O)OCCCO)=C(C)N1. The number of anilines is 1. The summed E-state index contributed by atoms with van der Waals surface area (Å²) in [7, 11) is 0. The molecule has 0 fully saturated rings. The number of aromatic nitrogens is 1. The van der Waals surface area contributed by atoms with Gasteiger partial charge in [0.1, 0.15) is 12.2 Å². The molecule has 1 aliphatic heterocycles. The van der Waals surface area contributed by atoms with Crippen molar-refractivity contribution in [3.63, 3.8) is 0 Å². The van der Waals surface area contributed by atoms with Gasteiger partial charge in [-0.15, -0.1) is 0 Å². The third-order valence-electron chi connectivity index (χ3n) is 5.93. The van der Waals surface area contributed by atoms with Crippen LogP contribution in [-0.2, 0) is 23.8 Å². The minimum Gasteiger partial charge on any atom is -0.462 e. The number of rotatable bonds is 10. The minimum absolute atomic E-state index is 0.00384. The topological polar surface area (TPSA) is 136 Å². The Bertz CT molecular complexity index is 1340. The molecule has 2 heterocycles. The number of benzene rings is 1. The van der Waals surface area contributed by atoms with E-state index in [-0.39, 0.29) is 37.4 Å². The number of aliphatic hydroxyl groups excluding tert-OH is 1. The molecule has 1 unspecified atom stereocenters. The standard InChI is InChI=1S/C31H37N3O7/c1-20-25(28(36)39-17-7-9-22-12-14-32-15-13-22)27(26(21(2)33-20)29(37)40-18-8-16-35)23-10-6-11-24(19-23)34-30(38)41-31(3,4)5/h6-7,9-15,19,27,33,35H,8,16-18H2,1-5H3,(H,34,38)/b9-7+. The summed E-state index contributed by atoms with van der Waals surface area (Å²) in [4.78, 5) is 43.2. The molecule has 1 aromatic carbocycles. The Morgan fingerprint density at radius 3 is 2.32 bits per heavy atom. The molecule has 0 saturated carbocycles. The number of esters is 2. The summed E-state index contributed by atoms with van der Waals surface area (Å²) in [5.74, 6) is -2.10. The second-order valence-electron chi connectivity index (χ2n) is 10.4. The number of carbonyl (C=O) groups excluding carboxylic acids is 3. The van der Waals surface area contributed by atoms with Crippen molar-refractivity contribution in [1.82, 2.24) is 10.3 Å². The number of dihydropyridines is 1. The maximum Gasteiger partial charge on any atom is 0.412 e. The Morgan fingerprint density at radius 2 is 1.68 bits per heavy atom. The Labute approximate surface area is 240 Å². The molecule has 0 saturated heterocycles. The van der Waals surface area contributed by atoms with Crippen LogP contribution >= 0.6 is 0 Å². The summed E-state index contributed by atoms with van der Waals surface area (Å²) in [5, 5.41) is 15.0. The number of allylic oxidation sites excluding steroid dienone is 2. The van der Waals surface area contributed by atoms with Gasteiger partial charge in [0, 0.05) is 42.5 Å². The van der Waals surface area contributed by atoms with E-state index in [1.165, 1.54) is 0 Å². The van der Waals surface area contributed by atoms with Crippen LogP contribution in [0.15, 0.2) is 77.4 Å². The van der Waals surface area contributed by atoms with Crippen LogP contribution in [0.2, 0.25) is 0 Å². The van der Waals surface area contributed by atoms with Gasteiger partial charge < -0.3 is 24.6 Å². The first-order valence-electron chi connectivity index (χ1n) is 13.3. The third-order valence-corrected chi connectivity index (χ3v) is 5.93. The van der Waals surface area contributed by atoms with Gasteiger partial charge in [0.2, 0.25) is 0 Å². The summed E-state index contributed by atoms with van der Waals surface area (Å²) in [6.45, 7) is 8.63. The third kappa shape index (κ3) is 9.04. The minimum atomic E-state index is -0.852. The van der Waals surface area contributed by atoms with Crippen molar-refractivity contribution in [3.8, 4) is 0 Å². The van der Waals surface area contributed by atoms with Crippen LogP contribution in [0.3, 0.4) is 0 Å². The fourth-order valence-corrected chi connectivity index (χ4v) is 4.25.